The summed E-state index contributed by atoms with van der Waals surface area (Å²) in [5.74, 6) is 1.06. The molecule has 7 heteroatoms. The SMILES string of the molecule is CCN(CC)C(=O)COc1c(-c2ccc(OC)c(OC)c2)oc2c(C)cc(C)cc2c1=O. The van der Waals surface area contributed by atoms with Crippen molar-refractivity contribution in [1.29, 1.82) is 0 Å². The third kappa shape index (κ3) is 4.42. The first kappa shape index (κ1) is 23.2. The molecule has 1 heterocycles. The number of hydrogen-bond acceptors (Lipinski definition) is 6. The Bertz CT molecular complexity index is 1190. The number of amides is 1. The van der Waals surface area contributed by atoms with Gasteiger partial charge in [-0.2, -0.15) is 0 Å². The van der Waals surface area contributed by atoms with Crippen LogP contribution < -0.4 is 19.6 Å². The fraction of sp³-hybridized carbons (Fsp3) is 0.360. The van der Waals surface area contributed by atoms with Crippen molar-refractivity contribution in [2.45, 2.75) is 27.7 Å². The number of likely N-dealkylation sites (N-methyl/N-ethyl adjacent to an activating group) is 1. The van der Waals surface area contributed by atoms with Crippen LogP contribution in [0.1, 0.15) is 25.0 Å². The van der Waals surface area contributed by atoms with Crippen molar-refractivity contribution in [2.24, 2.45) is 0 Å². The highest BCUT2D eigenvalue weighted by Crippen LogP contribution is 2.37. The Morgan fingerprint density at radius 2 is 1.69 bits per heavy atom. The minimum absolute atomic E-state index is 0.00442. The van der Waals surface area contributed by atoms with Crippen LogP contribution in [0.15, 0.2) is 39.5 Å². The zero-order valence-electron chi connectivity index (χ0n) is 19.4. The number of fused-ring (bicyclic) bond motifs is 1. The normalized spacial score (nSPS) is 10.8. The molecule has 7 nitrogen and oxygen atoms in total. The zero-order chi connectivity index (χ0) is 23.4. The summed E-state index contributed by atoms with van der Waals surface area (Å²) in [5, 5.41) is 0.414. The zero-order valence-corrected chi connectivity index (χ0v) is 19.4. The fourth-order valence-electron chi connectivity index (χ4n) is 3.73. The van der Waals surface area contributed by atoms with E-state index in [2.05, 4.69) is 0 Å². The van der Waals surface area contributed by atoms with Gasteiger partial charge in [-0.05, 0) is 63.1 Å². The van der Waals surface area contributed by atoms with Gasteiger partial charge in [0, 0.05) is 18.7 Å². The van der Waals surface area contributed by atoms with E-state index in [4.69, 9.17) is 18.6 Å². The van der Waals surface area contributed by atoms with Crippen LogP contribution in [0.3, 0.4) is 0 Å². The predicted molar refractivity (Wildman–Crippen MR) is 124 cm³/mol. The molecule has 0 radical (unpaired) electrons. The van der Waals surface area contributed by atoms with Gasteiger partial charge in [-0.1, -0.05) is 6.07 Å². The molecule has 32 heavy (non-hydrogen) atoms. The molecule has 170 valence electrons. The topological polar surface area (TPSA) is 78.2 Å². The number of ether oxygens (including phenoxy) is 3. The predicted octanol–water partition coefficient (Wildman–Crippen LogP) is 4.34. The maximum absolute atomic E-state index is 13.5. The molecule has 1 amide bonds. The van der Waals surface area contributed by atoms with E-state index in [0.29, 0.717) is 41.1 Å². The Kier molecular flexibility index (Phi) is 7.08. The standard InChI is InChI=1S/C25H29NO6/c1-7-26(8-2)21(27)14-31-25-22(28)18-12-15(3)11-16(4)23(18)32-24(25)17-9-10-19(29-5)20(13-17)30-6/h9-13H,7-8,14H2,1-6H3. The van der Waals surface area contributed by atoms with Crippen molar-refractivity contribution in [3.05, 3.63) is 51.7 Å². The van der Waals surface area contributed by atoms with Crippen LogP contribution in [-0.2, 0) is 4.79 Å². The van der Waals surface area contributed by atoms with E-state index in [-0.39, 0.29) is 29.5 Å². The molecule has 0 N–H and O–H groups in total. The third-order valence-electron chi connectivity index (χ3n) is 5.38. The Labute approximate surface area is 187 Å². The smallest absolute Gasteiger partial charge is 0.260 e. The van der Waals surface area contributed by atoms with Crippen molar-refractivity contribution in [1.82, 2.24) is 4.90 Å². The van der Waals surface area contributed by atoms with Crippen molar-refractivity contribution in [2.75, 3.05) is 33.9 Å². The molecular weight excluding hydrogens is 410 g/mol. The summed E-state index contributed by atoms with van der Waals surface area (Å²) in [6.07, 6.45) is 0. The van der Waals surface area contributed by atoms with Gasteiger partial charge < -0.3 is 23.5 Å². The number of hydrogen-bond donors (Lipinski definition) is 0. The summed E-state index contributed by atoms with van der Waals surface area (Å²) in [7, 11) is 3.08. The van der Waals surface area contributed by atoms with Crippen LogP contribution in [0.2, 0.25) is 0 Å². The lowest BCUT2D eigenvalue weighted by Gasteiger charge is -2.19. The second-order valence-electron chi connectivity index (χ2n) is 7.47. The molecule has 0 fully saturated rings. The first-order valence-corrected chi connectivity index (χ1v) is 10.6. The van der Waals surface area contributed by atoms with Gasteiger partial charge in [-0.25, -0.2) is 0 Å². The largest absolute Gasteiger partial charge is 0.493 e. The molecule has 0 atom stereocenters. The molecule has 0 aliphatic rings. The van der Waals surface area contributed by atoms with Crippen molar-refractivity contribution < 1.29 is 23.4 Å². The number of methoxy groups -OCH3 is 2. The van der Waals surface area contributed by atoms with Crippen molar-refractivity contribution in [3.63, 3.8) is 0 Å². The maximum Gasteiger partial charge on any atom is 0.260 e. The second kappa shape index (κ2) is 9.77. The summed E-state index contributed by atoms with van der Waals surface area (Å²) in [6.45, 7) is 8.46. The second-order valence-corrected chi connectivity index (χ2v) is 7.47. The first-order valence-electron chi connectivity index (χ1n) is 10.6. The average molecular weight is 440 g/mol. The lowest BCUT2D eigenvalue weighted by atomic mass is 10.0. The highest BCUT2D eigenvalue weighted by molar-refractivity contribution is 5.85. The molecule has 0 saturated heterocycles. The van der Waals surface area contributed by atoms with Gasteiger partial charge in [-0.15, -0.1) is 0 Å². The summed E-state index contributed by atoms with van der Waals surface area (Å²) in [4.78, 5) is 27.6. The van der Waals surface area contributed by atoms with E-state index in [9.17, 15) is 9.59 Å². The van der Waals surface area contributed by atoms with Crippen LogP contribution >= 0.6 is 0 Å². The molecule has 3 aromatic rings. The minimum Gasteiger partial charge on any atom is -0.493 e. The Morgan fingerprint density at radius 1 is 1.00 bits per heavy atom. The lowest BCUT2D eigenvalue weighted by Crippen LogP contribution is -2.35. The molecular formula is C25H29NO6. The van der Waals surface area contributed by atoms with Gasteiger partial charge in [0.1, 0.15) is 5.58 Å². The van der Waals surface area contributed by atoms with E-state index in [1.165, 1.54) is 7.11 Å². The number of rotatable bonds is 8. The average Bonchev–Trinajstić information content (AvgIpc) is 2.79. The molecule has 0 spiro atoms. The van der Waals surface area contributed by atoms with Crippen LogP contribution in [0.5, 0.6) is 17.2 Å². The summed E-state index contributed by atoms with van der Waals surface area (Å²) in [5.41, 5.74) is 2.51. The molecule has 0 unspecified atom stereocenters. The van der Waals surface area contributed by atoms with Crippen molar-refractivity contribution in [3.8, 4) is 28.6 Å². The van der Waals surface area contributed by atoms with Gasteiger partial charge in [0.15, 0.2) is 23.9 Å². The molecule has 2 aromatic carbocycles. The summed E-state index contributed by atoms with van der Waals surface area (Å²) in [6, 6.07) is 8.92. The fourth-order valence-corrected chi connectivity index (χ4v) is 3.73. The molecule has 3 rings (SSSR count). The summed E-state index contributed by atoms with van der Waals surface area (Å²) < 4.78 is 22.8. The van der Waals surface area contributed by atoms with Crippen molar-refractivity contribution >= 4 is 16.9 Å². The number of carbonyl (C=O) groups excluding carboxylic acids is 1. The van der Waals surface area contributed by atoms with Gasteiger partial charge in [0.25, 0.3) is 5.91 Å². The van der Waals surface area contributed by atoms with Gasteiger partial charge in [0.2, 0.25) is 11.2 Å². The number of carbonyl (C=O) groups is 1. The molecule has 0 saturated carbocycles. The molecule has 0 aliphatic carbocycles. The highest BCUT2D eigenvalue weighted by atomic mass is 16.5. The molecule has 1 aromatic heterocycles. The summed E-state index contributed by atoms with van der Waals surface area (Å²) >= 11 is 0. The number of benzene rings is 2. The van der Waals surface area contributed by atoms with Crippen LogP contribution in [-0.4, -0.2) is 44.7 Å². The van der Waals surface area contributed by atoms with E-state index >= 15 is 0 Å². The molecule has 0 bridgehead atoms. The van der Waals surface area contributed by atoms with E-state index in [0.717, 1.165) is 11.1 Å². The first-order chi connectivity index (χ1) is 15.3. The molecule has 0 aliphatic heterocycles. The van der Waals surface area contributed by atoms with Crippen LogP contribution in [0.25, 0.3) is 22.3 Å². The van der Waals surface area contributed by atoms with E-state index in [1.807, 2.05) is 33.8 Å². The number of nitrogens with zero attached hydrogens (tertiary/aromatic N) is 1. The quantitative estimate of drug-likeness (QED) is 0.520. The van der Waals surface area contributed by atoms with Crippen LogP contribution in [0.4, 0.5) is 0 Å². The van der Waals surface area contributed by atoms with Gasteiger partial charge in [-0.3, -0.25) is 9.59 Å². The third-order valence-corrected chi connectivity index (χ3v) is 5.38. The Balaban J connectivity index is 2.20. The highest BCUT2D eigenvalue weighted by Gasteiger charge is 2.22. The lowest BCUT2D eigenvalue weighted by molar-refractivity contribution is -0.132. The monoisotopic (exact) mass is 439 g/mol. The van der Waals surface area contributed by atoms with Gasteiger partial charge in [0.05, 0.1) is 19.6 Å². The maximum atomic E-state index is 13.5. The number of aryl methyl sites for hydroxylation is 2. The Hall–Kier alpha value is -3.48. The van der Waals surface area contributed by atoms with Crippen LogP contribution in [0, 0.1) is 13.8 Å². The minimum atomic E-state index is -0.324. The van der Waals surface area contributed by atoms with E-state index < -0.39 is 0 Å². The van der Waals surface area contributed by atoms with E-state index in [1.54, 1.807) is 36.3 Å². The van der Waals surface area contributed by atoms with Gasteiger partial charge >= 0.3 is 0 Å². The Morgan fingerprint density at radius 3 is 2.31 bits per heavy atom.